The molecule has 0 radical (unpaired) electrons. The molecule has 0 aromatic heterocycles. The van der Waals surface area contributed by atoms with E-state index in [9.17, 15) is 8.78 Å². The molecule has 17 heavy (non-hydrogen) atoms. The molecule has 2 rings (SSSR count). The SMILES string of the molecule is CN(Cc1cc(F)cc(F)c1)CC1CC(Br)C1. The summed E-state index contributed by atoms with van der Waals surface area (Å²) in [4.78, 5) is 2.78. The molecule has 0 atom stereocenters. The fraction of sp³-hybridized carbons (Fsp3) is 0.538. The highest BCUT2D eigenvalue weighted by Gasteiger charge is 2.27. The Bertz CT molecular complexity index is 371. The van der Waals surface area contributed by atoms with Gasteiger partial charge in [-0.05, 0) is 43.5 Å². The molecule has 0 saturated heterocycles. The maximum Gasteiger partial charge on any atom is 0.126 e. The summed E-state index contributed by atoms with van der Waals surface area (Å²) in [5.74, 6) is -0.294. The lowest BCUT2D eigenvalue weighted by atomic mass is 9.85. The van der Waals surface area contributed by atoms with Crippen molar-refractivity contribution in [3.8, 4) is 0 Å². The van der Waals surface area contributed by atoms with Crippen LogP contribution in [-0.2, 0) is 6.54 Å². The first kappa shape index (κ1) is 13.0. The average Bonchev–Trinajstić information content (AvgIpc) is 2.13. The van der Waals surface area contributed by atoms with E-state index in [1.165, 1.54) is 25.0 Å². The number of halogens is 3. The van der Waals surface area contributed by atoms with E-state index in [-0.39, 0.29) is 0 Å². The smallest absolute Gasteiger partial charge is 0.126 e. The topological polar surface area (TPSA) is 3.24 Å². The summed E-state index contributed by atoms with van der Waals surface area (Å²) in [5.41, 5.74) is 0.694. The van der Waals surface area contributed by atoms with Crippen molar-refractivity contribution in [3.05, 3.63) is 35.4 Å². The van der Waals surface area contributed by atoms with E-state index in [4.69, 9.17) is 0 Å². The predicted octanol–water partition coefficient (Wildman–Crippen LogP) is 3.57. The molecular weight excluding hydrogens is 288 g/mol. The molecule has 94 valence electrons. The molecule has 1 aliphatic rings. The third-order valence-corrected chi connectivity index (χ3v) is 3.87. The molecule has 4 heteroatoms. The second-order valence-electron chi connectivity index (χ2n) is 4.91. The molecule has 0 unspecified atom stereocenters. The van der Waals surface area contributed by atoms with E-state index in [0.29, 0.717) is 22.9 Å². The molecule has 1 aliphatic carbocycles. The fourth-order valence-corrected chi connectivity index (χ4v) is 3.38. The third kappa shape index (κ3) is 3.75. The van der Waals surface area contributed by atoms with E-state index in [1.54, 1.807) is 0 Å². The third-order valence-electron chi connectivity index (χ3n) is 3.12. The van der Waals surface area contributed by atoms with Gasteiger partial charge in [-0.2, -0.15) is 0 Å². The molecular formula is C13H16BrF2N. The second-order valence-corrected chi connectivity index (χ2v) is 6.20. The summed E-state index contributed by atoms with van der Waals surface area (Å²) in [6, 6.07) is 3.70. The standard InChI is InChI=1S/C13H16BrF2N/c1-17(7-9-2-11(14)3-9)8-10-4-12(15)6-13(16)5-10/h4-6,9,11H,2-3,7-8H2,1H3. The molecule has 1 nitrogen and oxygen atoms in total. The van der Waals surface area contributed by atoms with E-state index in [0.717, 1.165) is 12.6 Å². The molecule has 1 saturated carbocycles. The van der Waals surface area contributed by atoms with Gasteiger partial charge in [0, 0.05) is 24.0 Å². The number of nitrogens with zero attached hydrogens (tertiary/aromatic N) is 1. The van der Waals surface area contributed by atoms with Crippen molar-refractivity contribution in [1.82, 2.24) is 4.90 Å². The maximum atomic E-state index is 13.0. The Balaban J connectivity index is 1.86. The van der Waals surface area contributed by atoms with Gasteiger partial charge in [0.1, 0.15) is 11.6 Å². The van der Waals surface area contributed by atoms with Gasteiger partial charge in [-0.25, -0.2) is 8.78 Å². The van der Waals surface area contributed by atoms with Gasteiger partial charge in [0.2, 0.25) is 0 Å². The molecule has 0 bridgehead atoms. The van der Waals surface area contributed by atoms with Crippen LogP contribution in [0.5, 0.6) is 0 Å². The van der Waals surface area contributed by atoms with Gasteiger partial charge in [0.15, 0.2) is 0 Å². The van der Waals surface area contributed by atoms with Crippen LogP contribution in [0.4, 0.5) is 8.78 Å². The zero-order chi connectivity index (χ0) is 12.4. The summed E-state index contributed by atoms with van der Waals surface area (Å²) in [6.07, 6.45) is 2.39. The van der Waals surface area contributed by atoms with Gasteiger partial charge >= 0.3 is 0 Å². The van der Waals surface area contributed by atoms with E-state index < -0.39 is 11.6 Å². The lowest BCUT2D eigenvalue weighted by Gasteiger charge is -2.34. The van der Waals surface area contributed by atoms with Crippen molar-refractivity contribution in [2.75, 3.05) is 13.6 Å². The van der Waals surface area contributed by atoms with E-state index in [2.05, 4.69) is 20.8 Å². The first-order chi connectivity index (χ1) is 8.02. The molecule has 1 aromatic rings. The van der Waals surface area contributed by atoms with E-state index >= 15 is 0 Å². The first-order valence-electron chi connectivity index (χ1n) is 5.80. The average molecular weight is 304 g/mol. The minimum Gasteiger partial charge on any atom is -0.302 e. The van der Waals surface area contributed by atoms with Gasteiger partial charge in [-0.3, -0.25) is 0 Å². The predicted molar refractivity (Wildman–Crippen MR) is 68.1 cm³/mol. The van der Waals surface area contributed by atoms with Gasteiger partial charge < -0.3 is 4.90 Å². The van der Waals surface area contributed by atoms with Crippen molar-refractivity contribution in [2.24, 2.45) is 5.92 Å². The fourth-order valence-electron chi connectivity index (χ4n) is 2.32. The zero-order valence-corrected chi connectivity index (χ0v) is 11.4. The van der Waals surface area contributed by atoms with Gasteiger partial charge in [-0.1, -0.05) is 15.9 Å². The Morgan fingerprint density at radius 1 is 1.24 bits per heavy atom. The highest BCUT2D eigenvalue weighted by atomic mass is 79.9. The van der Waals surface area contributed by atoms with Gasteiger partial charge in [0.05, 0.1) is 0 Å². The largest absolute Gasteiger partial charge is 0.302 e. The maximum absolute atomic E-state index is 13.0. The molecule has 0 amide bonds. The molecule has 0 heterocycles. The van der Waals surface area contributed by atoms with Crippen molar-refractivity contribution >= 4 is 15.9 Å². The van der Waals surface area contributed by atoms with Crippen LogP contribution in [0.1, 0.15) is 18.4 Å². The Morgan fingerprint density at radius 3 is 2.35 bits per heavy atom. The van der Waals surface area contributed by atoms with Crippen LogP contribution in [0.2, 0.25) is 0 Å². The molecule has 0 N–H and O–H groups in total. The summed E-state index contributed by atoms with van der Waals surface area (Å²) >= 11 is 3.56. The number of hydrogen-bond donors (Lipinski definition) is 0. The molecule has 0 spiro atoms. The van der Waals surface area contributed by atoms with Crippen LogP contribution in [-0.4, -0.2) is 23.3 Å². The number of benzene rings is 1. The van der Waals surface area contributed by atoms with Crippen molar-refractivity contribution < 1.29 is 8.78 Å². The van der Waals surface area contributed by atoms with Gasteiger partial charge in [-0.15, -0.1) is 0 Å². The normalized spacial score (nSPS) is 23.8. The first-order valence-corrected chi connectivity index (χ1v) is 6.72. The molecule has 0 aliphatic heterocycles. The lowest BCUT2D eigenvalue weighted by molar-refractivity contribution is 0.208. The zero-order valence-electron chi connectivity index (χ0n) is 9.80. The summed E-state index contributed by atoms with van der Waals surface area (Å²) in [7, 11) is 1.99. The molecule has 1 fully saturated rings. The summed E-state index contributed by atoms with van der Waals surface area (Å²) in [6.45, 7) is 1.58. The van der Waals surface area contributed by atoms with Crippen molar-refractivity contribution in [1.29, 1.82) is 0 Å². The highest BCUT2D eigenvalue weighted by molar-refractivity contribution is 9.09. The summed E-state index contributed by atoms with van der Waals surface area (Å²) < 4.78 is 26.0. The quantitative estimate of drug-likeness (QED) is 0.769. The van der Waals surface area contributed by atoms with Crippen molar-refractivity contribution in [2.45, 2.75) is 24.2 Å². The van der Waals surface area contributed by atoms with Crippen LogP contribution in [0.25, 0.3) is 0 Å². The van der Waals surface area contributed by atoms with Gasteiger partial charge in [0.25, 0.3) is 0 Å². The van der Waals surface area contributed by atoms with Crippen LogP contribution >= 0.6 is 15.9 Å². The lowest BCUT2D eigenvalue weighted by Crippen LogP contribution is -2.34. The number of alkyl halides is 1. The van der Waals surface area contributed by atoms with Crippen LogP contribution in [0.3, 0.4) is 0 Å². The minimum atomic E-state index is -0.502. The Hall–Kier alpha value is -0.480. The highest BCUT2D eigenvalue weighted by Crippen LogP contribution is 2.33. The Kier molecular flexibility index (Phi) is 4.15. The van der Waals surface area contributed by atoms with Crippen LogP contribution in [0.15, 0.2) is 18.2 Å². The molecule has 1 aromatic carbocycles. The number of hydrogen-bond acceptors (Lipinski definition) is 1. The van der Waals surface area contributed by atoms with Crippen LogP contribution in [0, 0.1) is 17.6 Å². The van der Waals surface area contributed by atoms with Crippen LogP contribution < -0.4 is 0 Å². The van der Waals surface area contributed by atoms with E-state index in [1.807, 2.05) is 7.05 Å². The number of rotatable bonds is 4. The Morgan fingerprint density at radius 2 is 1.82 bits per heavy atom. The van der Waals surface area contributed by atoms with Crippen molar-refractivity contribution in [3.63, 3.8) is 0 Å². The monoisotopic (exact) mass is 303 g/mol. The Labute approximate surface area is 109 Å². The second kappa shape index (κ2) is 5.44. The summed E-state index contributed by atoms with van der Waals surface area (Å²) in [5, 5.41) is 0. The minimum absolute atomic E-state index is 0.502.